The van der Waals surface area contributed by atoms with Crippen molar-refractivity contribution in [3.8, 4) is 0 Å². The van der Waals surface area contributed by atoms with Gasteiger partial charge in [0, 0.05) is 26.1 Å². The molecule has 1 N–H and O–H groups in total. The van der Waals surface area contributed by atoms with Crippen molar-refractivity contribution in [3.05, 3.63) is 65.2 Å². The summed E-state index contributed by atoms with van der Waals surface area (Å²) in [5.41, 5.74) is 3.76. The minimum absolute atomic E-state index is 0.134. The molecule has 0 aromatic heterocycles. The Morgan fingerprint density at radius 3 is 2.09 bits per heavy atom. The van der Waals surface area contributed by atoms with Gasteiger partial charge in [-0.1, -0.05) is 48.9 Å². The zero-order chi connectivity index (χ0) is 25.3. The number of anilines is 1. The van der Waals surface area contributed by atoms with E-state index >= 15 is 0 Å². The van der Waals surface area contributed by atoms with Gasteiger partial charge in [-0.15, -0.1) is 0 Å². The van der Waals surface area contributed by atoms with Crippen molar-refractivity contribution < 1.29 is 18.0 Å². The van der Waals surface area contributed by atoms with Crippen LogP contribution in [0.15, 0.2) is 48.5 Å². The van der Waals surface area contributed by atoms with Gasteiger partial charge in [0.2, 0.25) is 21.8 Å². The largest absolute Gasteiger partial charge is 0.355 e. The van der Waals surface area contributed by atoms with Crippen LogP contribution in [0.2, 0.25) is 0 Å². The number of aryl methyl sites for hydroxylation is 2. The molecule has 1 unspecified atom stereocenters. The third-order valence-corrected chi connectivity index (χ3v) is 6.97. The predicted molar refractivity (Wildman–Crippen MR) is 137 cm³/mol. The Labute approximate surface area is 204 Å². The molecule has 0 spiro atoms. The summed E-state index contributed by atoms with van der Waals surface area (Å²) in [4.78, 5) is 27.3. The Balaban J connectivity index is 2.13. The van der Waals surface area contributed by atoms with Crippen LogP contribution in [0.1, 0.15) is 50.3 Å². The van der Waals surface area contributed by atoms with Crippen molar-refractivity contribution in [3.63, 3.8) is 0 Å². The van der Waals surface area contributed by atoms with Gasteiger partial charge in [-0.3, -0.25) is 13.9 Å². The first-order chi connectivity index (χ1) is 16.1. The van der Waals surface area contributed by atoms with E-state index in [1.54, 1.807) is 24.0 Å². The smallest absolute Gasteiger partial charge is 0.242 e. The van der Waals surface area contributed by atoms with Gasteiger partial charge >= 0.3 is 0 Å². The van der Waals surface area contributed by atoms with E-state index in [0.717, 1.165) is 23.1 Å². The minimum atomic E-state index is -3.50. The second-order valence-corrected chi connectivity index (χ2v) is 10.4. The Morgan fingerprint density at radius 1 is 0.971 bits per heavy atom. The molecular formula is C26H37N3O4S. The van der Waals surface area contributed by atoms with E-state index in [4.69, 9.17) is 0 Å². The van der Waals surface area contributed by atoms with E-state index in [9.17, 15) is 18.0 Å². The van der Waals surface area contributed by atoms with Crippen molar-refractivity contribution in [2.75, 3.05) is 23.7 Å². The quantitative estimate of drug-likeness (QED) is 0.495. The first kappa shape index (κ1) is 27.4. The number of amides is 2. The SMILES string of the molecule is CCNC(=O)C(C)N(Cc1ccc(C)cc1)C(=O)CCCN(c1ccc(CC)cc1)S(C)(=O)=O. The number of hydrogen-bond donors (Lipinski definition) is 1. The van der Waals surface area contributed by atoms with Gasteiger partial charge in [0.1, 0.15) is 6.04 Å². The summed E-state index contributed by atoms with van der Waals surface area (Å²) in [6.45, 7) is 8.57. The molecule has 0 fully saturated rings. The maximum atomic E-state index is 13.2. The number of carbonyl (C=O) groups excluding carboxylic acids is 2. The fourth-order valence-corrected chi connectivity index (χ4v) is 4.66. The van der Waals surface area contributed by atoms with Crippen LogP contribution in [0.25, 0.3) is 0 Å². The number of likely N-dealkylation sites (N-methyl/N-ethyl adjacent to an activating group) is 1. The molecular weight excluding hydrogens is 450 g/mol. The molecule has 34 heavy (non-hydrogen) atoms. The van der Waals surface area contributed by atoms with Crippen molar-refractivity contribution >= 4 is 27.5 Å². The van der Waals surface area contributed by atoms with E-state index in [1.807, 2.05) is 57.2 Å². The average molecular weight is 488 g/mol. The molecule has 1 atom stereocenters. The van der Waals surface area contributed by atoms with Gasteiger partial charge in [-0.25, -0.2) is 8.42 Å². The molecule has 2 aromatic rings. The van der Waals surface area contributed by atoms with Gasteiger partial charge in [0.15, 0.2) is 0 Å². The number of hydrogen-bond acceptors (Lipinski definition) is 4. The van der Waals surface area contributed by atoms with Crippen molar-refractivity contribution in [2.24, 2.45) is 0 Å². The van der Waals surface area contributed by atoms with Crippen LogP contribution in [0.3, 0.4) is 0 Å². The first-order valence-corrected chi connectivity index (χ1v) is 13.6. The molecule has 0 radical (unpaired) electrons. The highest BCUT2D eigenvalue weighted by atomic mass is 32.2. The topological polar surface area (TPSA) is 86.8 Å². The lowest BCUT2D eigenvalue weighted by Gasteiger charge is -2.29. The van der Waals surface area contributed by atoms with Crippen molar-refractivity contribution in [2.45, 2.75) is 59.5 Å². The molecule has 2 rings (SSSR count). The monoisotopic (exact) mass is 487 g/mol. The van der Waals surface area contributed by atoms with E-state index in [1.165, 1.54) is 10.6 Å². The molecule has 0 saturated heterocycles. The molecule has 0 bridgehead atoms. The molecule has 2 amide bonds. The predicted octanol–water partition coefficient (Wildman–Crippen LogP) is 3.66. The number of benzene rings is 2. The third-order valence-electron chi connectivity index (χ3n) is 5.78. The highest BCUT2D eigenvalue weighted by Gasteiger charge is 2.26. The summed E-state index contributed by atoms with van der Waals surface area (Å²) in [7, 11) is -3.50. The second-order valence-electron chi connectivity index (χ2n) is 8.54. The Kier molecular flexibility index (Phi) is 10.1. The molecule has 8 heteroatoms. The van der Waals surface area contributed by atoms with Gasteiger partial charge in [0.05, 0.1) is 11.9 Å². The number of nitrogens with one attached hydrogen (secondary N) is 1. The molecule has 0 heterocycles. The second kappa shape index (κ2) is 12.6. The summed E-state index contributed by atoms with van der Waals surface area (Å²) in [5.74, 6) is -0.397. The number of carbonyl (C=O) groups is 2. The van der Waals surface area contributed by atoms with Crippen LogP contribution in [0, 0.1) is 6.92 Å². The average Bonchev–Trinajstić information content (AvgIpc) is 2.80. The molecule has 0 saturated carbocycles. The van der Waals surface area contributed by atoms with E-state index < -0.39 is 16.1 Å². The van der Waals surface area contributed by atoms with Crippen molar-refractivity contribution in [1.82, 2.24) is 10.2 Å². The fourth-order valence-electron chi connectivity index (χ4n) is 3.70. The zero-order valence-corrected chi connectivity index (χ0v) is 21.7. The molecule has 0 aliphatic rings. The minimum Gasteiger partial charge on any atom is -0.355 e. The molecule has 186 valence electrons. The summed E-state index contributed by atoms with van der Waals surface area (Å²) in [6, 6.07) is 14.6. The number of sulfonamides is 1. The van der Waals surface area contributed by atoms with Crippen molar-refractivity contribution in [1.29, 1.82) is 0 Å². The highest BCUT2D eigenvalue weighted by Crippen LogP contribution is 2.20. The van der Waals surface area contributed by atoms with E-state index in [-0.39, 0.29) is 24.8 Å². The van der Waals surface area contributed by atoms with Crippen LogP contribution < -0.4 is 9.62 Å². The Morgan fingerprint density at radius 2 is 1.56 bits per heavy atom. The summed E-state index contributed by atoms with van der Waals surface area (Å²) in [5, 5.41) is 2.78. The fraction of sp³-hybridized carbons (Fsp3) is 0.462. The van der Waals surface area contributed by atoms with Crippen LogP contribution in [0.5, 0.6) is 0 Å². The molecule has 0 aliphatic heterocycles. The van der Waals surface area contributed by atoms with Gasteiger partial charge in [0.25, 0.3) is 0 Å². The van der Waals surface area contributed by atoms with Crippen LogP contribution in [-0.2, 0) is 32.6 Å². The van der Waals surface area contributed by atoms with Gasteiger partial charge < -0.3 is 10.2 Å². The summed E-state index contributed by atoms with van der Waals surface area (Å²) in [6.07, 6.45) is 2.51. The van der Waals surface area contributed by atoms with E-state index in [0.29, 0.717) is 25.2 Å². The Hall–Kier alpha value is -2.87. The van der Waals surface area contributed by atoms with Crippen LogP contribution in [-0.4, -0.2) is 50.5 Å². The maximum absolute atomic E-state index is 13.2. The number of rotatable bonds is 12. The zero-order valence-electron chi connectivity index (χ0n) is 20.9. The lowest BCUT2D eigenvalue weighted by Crippen LogP contribution is -2.47. The summed E-state index contributed by atoms with van der Waals surface area (Å²) < 4.78 is 26.2. The van der Waals surface area contributed by atoms with E-state index in [2.05, 4.69) is 5.32 Å². The molecule has 7 nitrogen and oxygen atoms in total. The maximum Gasteiger partial charge on any atom is 0.242 e. The Bertz CT molecular complexity index is 1050. The molecule has 0 aliphatic carbocycles. The third kappa shape index (κ3) is 7.87. The summed E-state index contributed by atoms with van der Waals surface area (Å²) >= 11 is 0. The van der Waals surface area contributed by atoms with Gasteiger partial charge in [-0.05, 0) is 56.9 Å². The van der Waals surface area contributed by atoms with Gasteiger partial charge in [-0.2, -0.15) is 0 Å². The molecule has 2 aromatic carbocycles. The highest BCUT2D eigenvalue weighted by molar-refractivity contribution is 7.92. The lowest BCUT2D eigenvalue weighted by molar-refractivity contribution is -0.140. The standard InChI is InChI=1S/C26H37N3O4S/c1-6-22-14-16-24(17-15-22)29(34(5,32)33)18-8-9-25(30)28(21(4)26(31)27-7-2)19-23-12-10-20(3)11-13-23/h10-17,21H,6-9,18-19H2,1-5H3,(H,27,31). The number of nitrogens with zero attached hydrogens (tertiary/aromatic N) is 2. The lowest BCUT2D eigenvalue weighted by atomic mass is 10.1. The first-order valence-electron chi connectivity index (χ1n) is 11.8. The normalized spacial score (nSPS) is 12.1. The van der Waals surface area contributed by atoms with Crippen LogP contribution in [0.4, 0.5) is 5.69 Å². The van der Waals surface area contributed by atoms with Crippen LogP contribution >= 0.6 is 0 Å².